The third kappa shape index (κ3) is 5.78. The van der Waals surface area contributed by atoms with Gasteiger partial charge in [0.15, 0.2) is 0 Å². The first-order valence-electron chi connectivity index (χ1n) is 9.55. The SMILES string of the molecule is COc1ccccc1CCNC(=O)C(=Cc1cccnc1)NC(=O)c1ccccc1. The van der Waals surface area contributed by atoms with Crippen LogP contribution in [0.5, 0.6) is 5.75 Å². The van der Waals surface area contributed by atoms with Gasteiger partial charge in [-0.2, -0.15) is 0 Å². The molecule has 0 atom stereocenters. The lowest BCUT2D eigenvalue weighted by Gasteiger charge is -2.12. The lowest BCUT2D eigenvalue weighted by atomic mass is 10.1. The summed E-state index contributed by atoms with van der Waals surface area (Å²) in [5.74, 6) is 0.0407. The van der Waals surface area contributed by atoms with E-state index in [-0.39, 0.29) is 17.5 Å². The number of amides is 2. The molecule has 3 rings (SSSR count). The number of rotatable bonds is 8. The number of ether oxygens (including phenoxy) is 1. The average Bonchev–Trinajstić information content (AvgIpc) is 2.80. The fraction of sp³-hybridized carbons (Fsp3) is 0.125. The Kier molecular flexibility index (Phi) is 7.33. The molecule has 3 aromatic rings. The topological polar surface area (TPSA) is 80.3 Å². The number of hydrogen-bond donors (Lipinski definition) is 2. The monoisotopic (exact) mass is 401 g/mol. The van der Waals surface area contributed by atoms with Crippen molar-refractivity contribution in [2.75, 3.05) is 13.7 Å². The van der Waals surface area contributed by atoms with Crippen molar-refractivity contribution in [2.45, 2.75) is 6.42 Å². The van der Waals surface area contributed by atoms with E-state index in [2.05, 4.69) is 15.6 Å². The highest BCUT2D eigenvalue weighted by Gasteiger charge is 2.14. The summed E-state index contributed by atoms with van der Waals surface area (Å²) in [6, 6.07) is 20.0. The first-order valence-corrected chi connectivity index (χ1v) is 9.55. The molecule has 0 saturated heterocycles. The number of aromatic nitrogens is 1. The molecule has 0 fully saturated rings. The maximum Gasteiger partial charge on any atom is 0.267 e. The molecule has 0 spiro atoms. The maximum atomic E-state index is 12.8. The zero-order valence-electron chi connectivity index (χ0n) is 16.7. The highest BCUT2D eigenvalue weighted by Crippen LogP contribution is 2.17. The molecule has 1 heterocycles. The Morgan fingerprint density at radius 2 is 1.77 bits per heavy atom. The number of pyridine rings is 1. The summed E-state index contributed by atoms with van der Waals surface area (Å²) in [5, 5.41) is 5.57. The Morgan fingerprint density at radius 1 is 1.00 bits per heavy atom. The number of methoxy groups -OCH3 is 1. The number of para-hydroxylation sites is 1. The second-order valence-corrected chi connectivity index (χ2v) is 6.48. The molecule has 2 amide bonds. The van der Waals surface area contributed by atoms with Crippen LogP contribution in [0.25, 0.3) is 6.08 Å². The van der Waals surface area contributed by atoms with Gasteiger partial charge in [-0.25, -0.2) is 0 Å². The number of carbonyl (C=O) groups is 2. The second kappa shape index (κ2) is 10.6. The van der Waals surface area contributed by atoms with Crippen LogP contribution in [0.1, 0.15) is 21.5 Å². The molecule has 30 heavy (non-hydrogen) atoms. The van der Waals surface area contributed by atoms with E-state index in [1.807, 2.05) is 36.4 Å². The largest absolute Gasteiger partial charge is 0.496 e. The second-order valence-electron chi connectivity index (χ2n) is 6.48. The van der Waals surface area contributed by atoms with Crippen LogP contribution >= 0.6 is 0 Å². The summed E-state index contributed by atoms with van der Waals surface area (Å²) in [4.78, 5) is 29.4. The summed E-state index contributed by atoms with van der Waals surface area (Å²) in [5.41, 5.74) is 2.32. The molecule has 0 aliphatic heterocycles. The Bertz CT molecular complexity index is 1020. The van der Waals surface area contributed by atoms with E-state index in [0.717, 1.165) is 11.3 Å². The zero-order valence-corrected chi connectivity index (χ0v) is 16.7. The van der Waals surface area contributed by atoms with Crippen molar-refractivity contribution < 1.29 is 14.3 Å². The van der Waals surface area contributed by atoms with Gasteiger partial charge in [-0.1, -0.05) is 42.5 Å². The van der Waals surface area contributed by atoms with Crippen LogP contribution in [-0.4, -0.2) is 30.5 Å². The van der Waals surface area contributed by atoms with Gasteiger partial charge in [0.25, 0.3) is 11.8 Å². The van der Waals surface area contributed by atoms with E-state index in [0.29, 0.717) is 24.1 Å². The van der Waals surface area contributed by atoms with Crippen molar-refractivity contribution in [3.05, 3.63) is 102 Å². The van der Waals surface area contributed by atoms with Crippen LogP contribution in [0, 0.1) is 0 Å². The van der Waals surface area contributed by atoms with Gasteiger partial charge in [0.2, 0.25) is 0 Å². The lowest BCUT2D eigenvalue weighted by Crippen LogP contribution is -2.35. The van der Waals surface area contributed by atoms with Crippen molar-refractivity contribution >= 4 is 17.9 Å². The molecule has 0 aliphatic carbocycles. The molecule has 152 valence electrons. The number of benzene rings is 2. The summed E-state index contributed by atoms with van der Waals surface area (Å²) in [6.07, 6.45) is 5.47. The van der Waals surface area contributed by atoms with Crippen molar-refractivity contribution in [3.63, 3.8) is 0 Å². The summed E-state index contributed by atoms with van der Waals surface area (Å²) >= 11 is 0. The van der Waals surface area contributed by atoms with Crippen molar-refractivity contribution in [1.82, 2.24) is 15.6 Å². The van der Waals surface area contributed by atoms with Gasteiger partial charge >= 0.3 is 0 Å². The third-order valence-electron chi connectivity index (χ3n) is 4.40. The van der Waals surface area contributed by atoms with Crippen LogP contribution in [0.2, 0.25) is 0 Å². The summed E-state index contributed by atoms with van der Waals surface area (Å²) in [7, 11) is 1.62. The lowest BCUT2D eigenvalue weighted by molar-refractivity contribution is -0.117. The van der Waals surface area contributed by atoms with E-state index in [9.17, 15) is 9.59 Å². The molecule has 6 heteroatoms. The minimum atomic E-state index is -0.377. The van der Waals surface area contributed by atoms with Gasteiger partial charge in [-0.05, 0) is 47.9 Å². The normalized spacial score (nSPS) is 10.9. The Hall–Kier alpha value is -3.93. The number of nitrogens with one attached hydrogen (secondary N) is 2. The van der Waals surface area contributed by atoms with Crippen molar-refractivity contribution in [1.29, 1.82) is 0 Å². The van der Waals surface area contributed by atoms with E-state index >= 15 is 0 Å². The Labute approximate surface area is 175 Å². The molecule has 1 aromatic heterocycles. The van der Waals surface area contributed by atoms with Crippen LogP contribution < -0.4 is 15.4 Å². The molecule has 0 bridgehead atoms. The van der Waals surface area contributed by atoms with Crippen LogP contribution in [0.15, 0.2) is 84.8 Å². The number of hydrogen-bond acceptors (Lipinski definition) is 4. The molecule has 0 saturated carbocycles. The van der Waals surface area contributed by atoms with Gasteiger partial charge in [-0.3, -0.25) is 14.6 Å². The molecular weight excluding hydrogens is 378 g/mol. The van der Waals surface area contributed by atoms with E-state index in [1.54, 1.807) is 55.9 Å². The number of carbonyl (C=O) groups excluding carboxylic acids is 2. The van der Waals surface area contributed by atoms with Gasteiger partial charge in [0.1, 0.15) is 11.4 Å². The van der Waals surface area contributed by atoms with Gasteiger partial charge in [-0.15, -0.1) is 0 Å². The molecule has 0 unspecified atom stereocenters. The highest BCUT2D eigenvalue weighted by atomic mass is 16.5. The van der Waals surface area contributed by atoms with Crippen molar-refractivity contribution in [2.24, 2.45) is 0 Å². The first-order chi connectivity index (χ1) is 14.7. The number of nitrogens with zero attached hydrogens (tertiary/aromatic N) is 1. The fourth-order valence-electron chi connectivity index (χ4n) is 2.89. The van der Waals surface area contributed by atoms with Crippen LogP contribution in [-0.2, 0) is 11.2 Å². The smallest absolute Gasteiger partial charge is 0.267 e. The van der Waals surface area contributed by atoms with E-state index in [1.165, 1.54) is 0 Å². The molecule has 2 N–H and O–H groups in total. The van der Waals surface area contributed by atoms with Gasteiger partial charge < -0.3 is 15.4 Å². The first kappa shape index (κ1) is 20.8. The Morgan fingerprint density at radius 3 is 2.50 bits per heavy atom. The molecule has 6 nitrogen and oxygen atoms in total. The quantitative estimate of drug-likeness (QED) is 0.568. The van der Waals surface area contributed by atoms with E-state index < -0.39 is 0 Å². The molecule has 0 aliphatic rings. The maximum absolute atomic E-state index is 12.8. The van der Waals surface area contributed by atoms with Crippen LogP contribution in [0.4, 0.5) is 0 Å². The predicted molar refractivity (Wildman–Crippen MR) is 116 cm³/mol. The Balaban J connectivity index is 1.71. The zero-order chi connectivity index (χ0) is 21.2. The minimum Gasteiger partial charge on any atom is -0.496 e. The molecule has 0 radical (unpaired) electrons. The molecular formula is C24H23N3O3. The fourth-order valence-corrected chi connectivity index (χ4v) is 2.89. The van der Waals surface area contributed by atoms with Gasteiger partial charge in [0, 0.05) is 24.5 Å². The standard InChI is InChI=1S/C24H23N3O3/c1-30-22-12-6-5-9-19(22)13-15-26-24(29)21(16-18-8-7-14-25-17-18)27-23(28)20-10-3-2-4-11-20/h2-12,14,16-17H,13,15H2,1H3,(H,26,29)(H,27,28). The highest BCUT2D eigenvalue weighted by molar-refractivity contribution is 6.05. The van der Waals surface area contributed by atoms with E-state index in [4.69, 9.17) is 4.74 Å². The van der Waals surface area contributed by atoms with Crippen LogP contribution in [0.3, 0.4) is 0 Å². The third-order valence-corrected chi connectivity index (χ3v) is 4.40. The predicted octanol–water partition coefficient (Wildman–Crippen LogP) is 3.22. The average molecular weight is 401 g/mol. The summed E-state index contributed by atoms with van der Waals surface area (Å²) in [6.45, 7) is 0.394. The minimum absolute atomic E-state index is 0.150. The molecule has 2 aromatic carbocycles. The van der Waals surface area contributed by atoms with Gasteiger partial charge in [0.05, 0.1) is 7.11 Å². The van der Waals surface area contributed by atoms with Crippen molar-refractivity contribution in [3.8, 4) is 5.75 Å². The summed E-state index contributed by atoms with van der Waals surface area (Å²) < 4.78 is 5.34.